The molecule has 1 N–H and O–H groups in total. The van der Waals surface area contributed by atoms with Gasteiger partial charge < -0.3 is 10.1 Å². The normalized spacial score (nSPS) is 11.6. The van der Waals surface area contributed by atoms with E-state index in [1.165, 1.54) is 0 Å². The summed E-state index contributed by atoms with van der Waals surface area (Å²) in [5.74, 6) is 0. The summed E-state index contributed by atoms with van der Waals surface area (Å²) < 4.78 is 39.6. The maximum absolute atomic E-state index is 11.6. The molecule has 0 unspecified atom stereocenters. The van der Waals surface area contributed by atoms with E-state index in [4.69, 9.17) is 0 Å². The summed E-state index contributed by atoms with van der Waals surface area (Å²) in [4.78, 5) is 10.8. The first-order valence-electron chi connectivity index (χ1n) is 4.32. The summed E-state index contributed by atoms with van der Waals surface area (Å²) in [6.45, 7) is 3.30. The molecule has 0 spiro atoms. The fourth-order valence-electron chi connectivity index (χ4n) is 0.735. The number of nitrogens with one attached hydrogen (secondary N) is 1. The highest BCUT2D eigenvalue weighted by atomic mass is 19.4. The van der Waals surface area contributed by atoms with E-state index in [0.29, 0.717) is 0 Å². The highest BCUT2D eigenvalue weighted by molar-refractivity contribution is 5.67. The van der Waals surface area contributed by atoms with Crippen LogP contribution < -0.4 is 5.32 Å². The molecule has 0 aromatic carbocycles. The van der Waals surface area contributed by atoms with Crippen molar-refractivity contribution in [1.82, 2.24) is 5.32 Å². The molecule has 0 aliphatic heterocycles. The van der Waals surface area contributed by atoms with Crippen molar-refractivity contribution in [1.29, 1.82) is 0 Å². The van der Waals surface area contributed by atoms with Crippen LogP contribution in [0.2, 0.25) is 0 Å². The highest BCUT2D eigenvalue weighted by Gasteiger charge is 2.25. The van der Waals surface area contributed by atoms with Crippen molar-refractivity contribution < 1.29 is 22.7 Å². The molecule has 84 valence electrons. The lowest BCUT2D eigenvalue weighted by atomic mass is 10.3. The van der Waals surface area contributed by atoms with Gasteiger partial charge in [-0.1, -0.05) is 0 Å². The van der Waals surface area contributed by atoms with Crippen LogP contribution in [-0.4, -0.2) is 24.9 Å². The molecule has 1 amide bonds. The number of amides is 1. The zero-order valence-electron chi connectivity index (χ0n) is 8.15. The van der Waals surface area contributed by atoms with Gasteiger partial charge in [-0.2, -0.15) is 13.2 Å². The average Bonchev–Trinajstić information content (AvgIpc) is 1.95. The van der Waals surface area contributed by atoms with Crippen molar-refractivity contribution in [2.75, 3.05) is 6.54 Å². The topological polar surface area (TPSA) is 38.3 Å². The average molecular weight is 213 g/mol. The van der Waals surface area contributed by atoms with Crippen LogP contribution in [-0.2, 0) is 4.74 Å². The van der Waals surface area contributed by atoms with Crippen LogP contribution in [0.5, 0.6) is 0 Å². The zero-order chi connectivity index (χ0) is 11.2. The molecule has 0 aromatic heterocycles. The van der Waals surface area contributed by atoms with Crippen molar-refractivity contribution >= 4 is 6.09 Å². The Morgan fingerprint density at radius 1 is 1.43 bits per heavy atom. The van der Waals surface area contributed by atoms with Gasteiger partial charge in [-0.15, -0.1) is 0 Å². The van der Waals surface area contributed by atoms with E-state index < -0.39 is 18.7 Å². The van der Waals surface area contributed by atoms with Gasteiger partial charge >= 0.3 is 12.3 Å². The fourth-order valence-corrected chi connectivity index (χ4v) is 0.735. The summed E-state index contributed by atoms with van der Waals surface area (Å²) in [6.07, 6.45) is -6.13. The molecule has 14 heavy (non-hydrogen) atoms. The predicted octanol–water partition coefficient (Wildman–Crippen LogP) is 2.46. The van der Waals surface area contributed by atoms with Crippen LogP contribution in [0.1, 0.15) is 26.7 Å². The van der Waals surface area contributed by atoms with Gasteiger partial charge in [0.05, 0.1) is 6.10 Å². The summed E-state index contributed by atoms with van der Waals surface area (Å²) in [7, 11) is 0. The second-order valence-corrected chi connectivity index (χ2v) is 3.10. The van der Waals surface area contributed by atoms with E-state index >= 15 is 0 Å². The number of ether oxygens (including phenoxy) is 1. The molecule has 0 fully saturated rings. The minimum Gasteiger partial charge on any atom is -0.447 e. The summed E-state index contributed by atoms with van der Waals surface area (Å²) >= 11 is 0. The number of carbonyl (C=O) groups is 1. The van der Waals surface area contributed by atoms with Crippen molar-refractivity contribution in [3.63, 3.8) is 0 Å². The van der Waals surface area contributed by atoms with E-state index in [1.54, 1.807) is 13.8 Å². The van der Waals surface area contributed by atoms with E-state index in [-0.39, 0.29) is 19.1 Å². The third-order valence-electron chi connectivity index (χ3n) is 1.25. The molecule has 0 atom stereocenters. The summed E-state index contributed by atoms with van der Waals surface area (Å²) in [5, 5.41) is 2.23. The molecule has 0 saturated carbocycles. The fraction of sp³-hybridized carbons (Fsp3) is 0.875. The molecular weight excluding hydrogens is 199 g/mol. The smallest absolute Gasteiger partial charge is 0.407 e. The van der Waals surface area contributed by atoms with Gasteiger partial charge in [0.25, 0.3) is 0 Å². The monoisotopic (exact) mass is 213 g/mol. The Morgan fingerprint density at radius 2 is 2.00 bits per heavy atom. The van der Waals surface area contributed by atoms with E-state index in [0.717, 1.165) is 0 Å². The lowest BCUT2D eigenvalue weighted by Gasteiger charge is -2.10. The largest absolute Gasteiger partial charge is 0.447 e. The SMILES string of the molecule is CC(C)OC(=O)NCCCC(F)(F)F. The Labute approximate surface area is 80.6 Å². The third kappa shape index (κ3) is 9.15. The van der Waals surface area contributed by atoms with Crippen LogP contribution in [0.4, 0.5) is 18.0 Å². The number of carbonyl (C=O) groups excluding carboxylic acids is 1. The van der Waals surface area contributed by atoms with Crippen LogP contribution in [0, 0.1) is 0 Å². The predicted molar refractivity (Wildman–Crippen MR) is 44.9 cm³/mol. The van der Waals surface area contributed by atoms with Crippen molar-refractivity contribution in [3.05, 3.63) is 0 Å². The molecule has 6 heteroatoms. The lowest BCUT2D eigenvalue weighted by molar-refractivity contribution is -0.135. The van der Waals surface area contributed by atoms with Crippen molar-refractivity contribution in [2.45, 2.75) is 39.0 Å². The summed E-state index contributed by atoms with van der Waals surface area (Å²) in [5.41, 5.74) is 0. The van der Waals surface area contributed by atoms with Crippen LogP contribution in [0.3, 0.4) is 0 Å². The number of hydrogen-bond donors (Lipinski definition) is 1. The number of halogens is 3. The molecule has 3 nitrogen and oxygen atoms in total. The maximum atomic E-state index is 11.6. The van der Waals surface area contributed by atoms with Gasteiger partial charge in [0.2, 0.25) is 0 Å². The Bertz CT molecular complexity index is 180. The first-order valence-corrected chi connectivity index (χ1v) is 4.32. The van der Waals surface area contributed by atoms with Crippen molar-refractivity contribution in [3.8, 4) is 0 Å². The Hall–Kier alpha value is -0.940. The van der Waals surface area contributed by atoms with E-state index in [2.05, 4.69) is 10.1 Å². The first-order chi connectivity index (χ1) is 6.31. The van der Waals surface area contributed by atoms with Crippen molar-refractivity contribution in [2.24, 2.45) is 0 Å². The Balaban J connectivity index is 3.41. The molecule has 0 aromatic rings. The third-order valence-corrected chi connectivity index (χ3v) is 1.25. The Kier molecular flexibility index (Phi) is 5.34. The van der Waals surface area contributed by atoms with Gasteiger partial charge in [-0.3, -0.25) is 0 Å². The van der Waals surface area contributed by atoms with Crippen LogP contribution >= 0.6 is 0 Å². The quantitative estimate of drug-likeness (QED) is 0.728. The molecule has 0 saturated heterocycles. The highest BCUT2D eigenvalue weighted by Crippen LogP contribution is 2.20. The lowest BCUT2D eigenvalue weighted by Crippen LogP contribution is -2.28. The molecule has 0 aliphatic rings. The summed E-state index contributed by atoms with van der Waals surface area (Å²) in [6, 6.07) is 0. The van der Waals surface area contributed by atoms with Gasteiger partial charge in [0.15, 0.2) is 0 Å². The number of hydrogen-bond acceptors (Lipinski definition) is 2. The van der Waals surface area contributed by atoms with E-state index in [1.807, 2.05) is 0 Å². The molecular formula is C8H14F3NO2. The molecule has 0 rings (SSSR count). The standard InChI is InChI=1S/C8H14F3NO2/c1-6(2)14-7(13)12-5-3-4-8(9,10)11/h6H,3-5H2,1-2H3,(H,12,13). The number of alkyl halides is 3. The number of rotatable bonds is 4. The van der Waals surface area contributed by atoms with Gasteiger partial charge in [0.1, 0.15) is 0 Å². The van der Waals surface area contributed by atoms with E-state index in [9.17, 15) is 18.0 Å². The zero-order valence-corrected chi connectivity index (χ0v) is 8.15. The minimum absolute atomic E-state index is 0.0228. The molecule has 0 radical (unpaired) electrons. The number of alkyl carbamates (subject to hydrolysis) is 1. The second-order valence-electron chi connectivity index (χ2n) is 3.10. The Morgan fingerprint density at radius 3 is 2.43 bits per heavy atom. The van der Waals surface area contributed by atoms with Gasteiger partial charge in [-0.05, 0) is 20.3 Å². The minimum atomic E-state index is -4.16. The van der Waals surface area contributed by atoms with Gasteiger partial charge in [-0.25, -0.2) is 4.79 Å². The molecule has 0 aliphatic carbocycles. The van der Waals surface area contributed by atoms with Crippen LogP contribution in [0.25, 0.3) is 0 Å². The van der Waals surface area contributed by atoms with Gasteiger partial charge in [0, 0.05) is 13.0 Å². The van der Waals surface area contributed by atoms with Crippen LogP contribution in [0.15, 0.2) is 0 Å². The maximum Gasteiger partial charge on any atom is 0.407 e. The first kappa shape index (κ1) is 13.1. The second kappa shape index (κ2) is 5.72. The molecule has 0 bridgehead atoms. The molecule has 0 heterocycles.